The van der Waals surface area contributed by atoms with Crippen LogP contribution in [0.3, 0.4) is 0 Å². The fourth-order valence-corrected chi connectivity index (χ4v) is 2.76. The van der Waals surface area contributed by atoms with Gasteiger partial charge in [-0.05, 0) is 5.92 Å². The second kappa shape index (κ2) is 5.31. The number of carboxylic acids is 1. The smallest absolute Gasteiger partial charge is 0.312 e. The lowest BCUT2D eigenvalue weighted by Gasteiger charge is -2.13. The molecule has 0 aliphatic heterocycles. The summed E-state index contributed by atoms with van der Waals surface area (Å²) in [6.07, 6.45) is 0. The highest BCUT2D eigenvalue weighted by Crippen LogP contribution is 2.30. The van der Waals surface area contributed by atoms with Crippen LogP contribution in [-0.2, 0) is 4.79 Å². The molecule has 1 aromatic carbocycles. The molecule has 3 nitrogen and oxygen atoms in total. The van der Waals surface area contributed by atoms with E-state index in [1.165, 1.54) is 11.3 Å². The number of hydrogen-bond acceptors (Lipinski definition) is 3. The van der Waals surface area contributed by atoms with Gasteiger partial charge in [-0.1, -0.05) is 44.2 Å². The Balaban J connectivity index is 2.33. The maximum Gasteiger partial charge on any atom is 0.312 e. The second-order valence-corrected chi connectivity index (χ2v) is 5.36. The maximum absolute atomic E-state index is 11.3. The number of thiazole rings is 1. The Labute approximate surface area is 110 Å². The fraction of sp³-hybridized carbons (Fsp3) is 0.286. The van der Waals surface area contributed by atoms with Gasteiger partial charge < -0.3 is 5.11 Å². The number of aliphatic carboxylic acids is 1. The van der Waals surface area contributed by atoms with E-state index in [1.807, 2.05) is 49.6 Å². The highest BCUT2D eigenvalue weighted by molar-refractivity contribution is 7.13. The van der Waals surface area contributed by atoms with Crippen LogP contribution < -0.4 is 0 Å². The van der Waals surface area contributed by atoms with E-state index in [0.717, 1.165) is 10.6 Å². The van der Waals surface area contributed by atoms with Crippen molar-refractivity contribution in [3.05, 3.63) is 41.4 Å². The van der Waals surface area contributed by atoms with Crippen molar-refractivity contribution in [2.24, 2.45) is 5.92 Å². The molecular weight excluding hydrogens is 246 g/mol. The fourth-order valence-electron chi connectivity index (χ4n) is 1.90. The topological polar surface area (TPSA) is 50.2 Å². The molecular formula is C14H15NO2S. The van der Waals surface area contributed by atoms with Gasteiger partial charge in [-0.3, -0.25) is 4.79 Å². The molecule has 1 atom stereocenters. The quantitative estimate of drug-likeness (QED) is 0.914. The minimum atomic E-state index is -0.810. The van der Waals surface area contributed by atoms with Crippen molar-refractivity contribution >= 4 is 17.3 Å². The summed E-state index contributed by atoms with van der Waals surface area (Å²) in [5, 5.41) is 12.0. The summed E-state index contributed by atoms with van der Waals surface area (Å²) in [5.74, 6) is -1.30. The molecule has 1 heterocycles. The largest absolute Gasteiger partial charge is 0.481 e. The van der Waals surface area contributed by atoms with Gasteiger partial charge in [0.15, 0.2) is 0 Å². The zero-order valence-electron chi connectivity index (χ0n) is 10.3. The van der Waals surface area contributed by atoms with Crippen LogP contribution in [-0.4, -0.2) is 16.1 Å². The van der Waals surface area contributed by atoms with Crippen molar-refractivity contribution in [1.29, 1.82) is 0 Å². The van der Waals surface area contributed by atoms with Gasteiger partial charge in [0.05, 0.1) is 5.69 Å². The first-order valence-corrected chi connectivity index (χ1v) is 6.71. The number of hydrogen-bond donors (Lipinski definition) is 1. The molecule has 1 N–H and O–H groups in total. The summed E-state index contributed by atoms with van der Waals surface area (Å²) in [7, 11) is 0. The predicted molar refractivity (Wildman–Crippen MR) is 72.8 cm³/mol. The molecule has 94 valence electrons. The molecule has 1 unspecified atom stereocenters. The monoisotopic (exact) mass is 261 g/mol. The number of nitrogens with zero attached hydrogens (tertiary/aromatic N) is 1. The van der Waals surface area contributed by atoms with E-state index in [0.29, 0.717) is 5.69 Å². The first kappa shape index (κ1) is 12.8. The molecule has 18 heavy (non-hydrogen) atoms. The lowest BCUT2D eigenvalue weighted by Crippen LogP contribution is -2.17. The SMILES string of the molecule is CC(C)C(C(=O)O)c1csc(-c2ccccc2)n1. The first-order chi connectivity index (χ1) is 8.59. The van der Waals surface area contributed by atoms with Gasteiger partial charge in [0.1, 0.15) is 10.9 Å². The van der Waals surface area contributed by atoms with E-state index >= 15 is 0 Å². The Morgan fingerprint density at radius 1 is 1.28 bits per heavy atom. The van der Waals surface area contributed by atoms with E-state index in [1.54, 1.807) is 0 Å². The van der Waals surface area contributed by atoms with E-state index in [-0.39, 0.29) is 5.92 Å². The predicted octanol–water partition coefficient (Wildman–Crippen LogP) is 3.63. The summed E-state index contributed by atoms with van der Waals surface area (Å²) in [6.45, 7) is 3.81. The number of rotatable bonds is 4. The van der Waals surface area contributed by atoms with Crippen molar-refractivity contribution in [2.45, 2.75) is 19.8 Å². The van der Waals surface area contributed by atoms with E-state index in [4.69, 9.17) is 0 Å². The van der Waals surface area contributed by atoms with Gasteiger partial charge in [-0.2, -0.15) is 0 Å². The number of carboxylic acid groups (broad SMARTS) is 1. The Bertz CT molecular complexity index is 534. The summed E-state index contributed by atoms with van der Waals surface area (Å²) in [6, 6.07) is 9.81. The minimum absolute atomic E-state index is 0.0354. The average Bonchev–Trinajstić information content (AvgIpc) is 2.78. The number of aromatic nitrogens is 1. The summed E-state index contributed by atoms with van der Waals surface area (Å²) in [4.78, 5) is 15.7. The highest BCUT2D eigenvalue weighted by Gasteiger charge is 2.26. The van der Waals surface area contributed by atoms with Crippen molar-refractivity contribution < 1.29 is 9.90 Å². The second-order valence-electron chi connectivity index (χ2n) is 4.50. The molecule has 0 fully saturated rings. The Morgan fingerprint density at radius 3 is 2.50 bits per heavy atom. The van der Waals surface area contributed by atoms with Crippen molar-refractivity contribution in [3.8, 4) is 10.6 Å². The lowest BCUT2D eigenvalue weighted by molar-refractivity contribution is -0.139. The molecule has 0 aliphatic carbocycles. The van der Waals surface area contributed by atoms with Gasteiger partial charge in [0, 0.05) is 10.9 Å². The van der Waals surface area contributed by atoms with E-state index < -0.39 is 11.9 Å². The Kier molecular flexibility index (Phi) is 3.77. The highest BCUT2D eigenvalue weighted by atomic mass is 32.1. The molecule has 0 saturated heterocycles. The molecule has 0 aliphatic rings. The molecule has 1 aromatic heterocycles. The third-order valence-corrected chi connectivity index (χ3v) is 3.70. The van der Waals surface area contributed by atoms with E-state index in [9.17, 15) is 9.90 Å². The third-order valence-electron chi connectivity index (χ3n) is 2.79. The Morgan fingerprint density at radius 2 is 1.94 bits per heavy atom. The summed E-state index contributed by atoms with van der Waals surface area (Å²) < 4.78 is 0. The first-order valence-electron chi connectivity index (χ1n) is 5.83. The van der Waals surface area contributed by atoms with Gasteiger partial charge in [-0.25, -0.2) is 4.98 Å². The zero-order valence-corrected chi connectivity index (χ0v) is 11.1. The van der Waals surface area contributed by atoms with Crippen LogP contribution in [0.2, 0.25) is 0 Å². The summed E-state index contributed by atoms with van der Waals surface area (Å²) >= 11 is 1.49. The van der Waals surface area contributed by atoms with Crippen molar-refractivity contribution in [3.63, 3.8) is 0 Å². The van der Waals surface area contributed by atoms with Crippen LogP contribution >= 0.6 is 11.3 Å². The van der Waals surface area contributed by atoms with Crippen LogP contribution in [0.15, 0.2) is 35.7 Å². The number of benzene rings is 1. The van der Waals surface area contributed by atoms with Crippen LogP contribution in [0.25, 0.3) is 10.6 Å². The standard InChI is InChI=1S/C14H15NO2S/c1-9(2)12(14(16)17)11-8-18-13(15-11)10-6-4-3-5-7-10/h3-9,12H,1-2H3,(H,16,17). The zero-order chi connectivity index (χ0) is 13.1. The molecule has 2 aromatic rings. The lowest BCUT2D eigenvalue weighted by atomic mass is 9.93. The molecule has 0 saturated carbocycles. The average molecular weight is 261 g/mol. The molecule has 0 bridgehead atoms. The minimum Gasteiger partial charge on any atom is -0.481 e. The normalized spacial score (nSPS) is 12.6. The van der Waals surface area contributed by atoms with E-state index in [2.05, 4.69) is 4.98 Å². The van der Waals surface area contributed by atoms with Gasteiger partial charge >= 0.3 is 5.97 Å². The Hall–Kier alpha value is -1.68. The van der Waals surface area contributed by atoms with Gasteiger partial charge in [0.25, 0.3) is 0 Å². The molecule has 2 rings (SSSR count). The number of carbonyl (C=O) groups is 1. The molecule has 0 radical (unpaired) electrons. The molecule has 4 heteroatoms. The van der Waals surface area contributed by atoms with Crippen LogP contribution in [0, 0.1) is 5.92 Å². The van der Waals surface area contributed by atoms with Gasteiger partial charge in [-0.15, -0.1) is 11.3 Å². The van der Waals surface area contributed by atoms with Gasteiger partial charge in [0.2, 0.25) is 0 Å². The van der Waals surface area contributed by atoms with Crippen LogP contribution in [0.1, 0.15) is 25.5 Å². The van der Waals surface area contributed by atoms with Crippen molar-refractivity contribution in [1.82, 2.24) is 4.98 Å². The van der Waals surface area contributed by atoms with Crippen molar-refractivity contribution in [2.75, 3.05) is 0 Å². The molecule has 0 amide bonds. The molecule has 0 spiro atoms. The summed E-state index contributed by atoms with van der Waals surface area (Å²) in [5.41, 5.74) is 1.68. The maximum atomic E-state index is 11.3. The van der Waals surface area contributed by atoms with Crippen LogP contribution in [0.5, 0.6) is 0 Å². The third kappa shape index (κ3) is 2.59. The van der Waals surface area contributed by atoms with Crippen LogP contribution in [0.4, 0.5) is 0 Å².